The second kappa shape index (κ2) is 6.90. The van der Waals surface area contributed by atoms with Crippen LogP contribution in [0.5, 0.6) is 0 Å². The van der Waals surface area contributed by atoms with Crippen LogP contribution in [0.25, 0.3) is 0 Å². The highest BCUT2D eigenvalue weighted by Crippen LogP contribution is 2.12. The number of nitriles is 1. The molecular weight excluding hydrogens is 312 g/mol. The Hall–Kier alpha value is -1.87. The van der Waals surface area contributed by atoms with Crippen LogP contribution in [-0.4, -0.2) is 23.0 Å². The van der Waals surface area contributed by atoms with Gasteiger partial charge in [-0.15, -0.1) is 0 Å². The van der Waals surface area contributed by atoms with E-state index in [1.165, 1.54) is 0 Å². The number of rotatable bonds is 5. The van der Waals surface area contributed by atoms with Crippen LogP contribution >= 0.6 is 15.9 Å². The lowest BCUT2D eigenvalue weighted by Gasteiger charge is -2.15. The fraction of sp³-hybridized carbons (Fsp3) is 0.308. The van der Waals surface area contributed by atoms with Crippen molar-refractivity contribution < 1.29 is 14.7 Å². The molecule has 0 aromatic heterocycles. The Morgan fingerprint density at radius 1 is 1.53 bits per heavy atom. The van der Waals surface area contributed by atoms with Gasteiger partial charge in [-0.2, -0.15) is 5.26 Å². The molecule has 0 unspecified atom stereocenters. The number of hydrogen-bond donors (Lipinski definition) is 2. The van der Waals surface area contributed by atoms with Gasteiger partial charge in [-0.1, -0.05) is 22.0 Å². The Morgan fingerprint density at radius 2 is 2.21 bits per heavy atom. The summed E-state index contributed by atoms with van der Waals surface area (Å²) in [6, 6.07) is 7.53. The van der Waals surface area contributed by atoms with Crippen LogP contribution in [0.2, 0.25) is 0 Å². The molecule has 0 spiro atoms. The van der Waals surface area contributed by atoms with E-state index in [1.54, 1.807) is 31.2 Å². The lowest BCUT2D eigenvalue weighted by atomic mass is 10.0. The summed E-state index contributed by atoms with van der Waals surface area (Å²) in [6.45, 7) is 1.61. The highest BCUT2D eigenvalue weighted by atomic mass is 79.9. The molecule has 0 saturated carbocycles. The van der Waals surface area contributed by atoms with Crippen molar-refractivity contribution in [2.75, 3.05) is 0 Å². The Balaban J connectivity index is 2.77. The SMILES string of the molecule is C[C@@H](C#N)C[C@@H](NC(=O)c1cccc(Br)c1)C(=O)O. The number of benzene rings is 1. The zero-order chi connectivity index (χ0) is 14.4. The number of nitrogens with one attached hydrogen (secondary N) is 1. The standard InChI is InChI=1S/C13H13BrN2O3/c1-8(7-15)5-11(13(18)19)16-12(17)9-3-2-4-10(14)6-9/h2-4,6,8,11H,5H2,1H3,(H,16,17)(H,18,19)/t8-,11-/m1/s1. The average molecular weight is 325 g/mol. The molecule has 0 heterocycles. The number of halogens is 1. The highest BCUT2D eigenvalue weighted by molar-refractivity contribution is 9.10. The van der Waals surface area contributed by atoms with Crippen molar-refractivity contribution in [3.8, 4) is 6.07 Å². The van der Waals surface area contributed by atoms with Gasteiger partial charge in [0.2, 0.25) is 0 Å². The molecule has 0 saturated heterocycles. The second-order valence-electron chi connectivity index (χ2n) is 4.14. The van der Waals surface area contributed by atoms with Crippen molar-refractivity contribution in [1.29, 1.82) is 5.26 Å². The van der Waals surface area contributed by atoms with E-state index in [2.05, 4.69) is 21.2 Å². The smallest absolute Gasteiger partial charge is 0.326 e. The summed E-state index contributed by atoms with van der Waals surface area (Å²) in [7, 11) is 0. The summed E-state index contributed by atoms with van der Waals surface area (Å²) in [6.07, 6.45) is 0.0750. The number of aliphatic carboxylic acids is 1. The van der Waals surface area contributed by atoms with Gasteiger partial charge in [-0.3, -0.25) is 4.79 Å². The van der Waals surface area contributed by atoms with Gasteiger partial charge in [0.15, 0.2) is 0 Å². The van der Waals surface area contributed by atoms with Crippen molar-refractivity contribution in [3.63, 3.8) is 0 Å². The minimum Gasteiger partial charge on any atom is -0.480 e. The molecule has 1 amide bonds. The molecule has 0 aliphatic rings. The average Bonchev–Trinajstić information content (AvgIpc) is 2.37. The lowest BCUT2D eigenvalue weighted by Crippen LogP contribution is -2.41. The first kappa shape index (κ1) is 15.2. The largest absolute Gasteiger partial charge is 0.480 e. The van der Waals surface area contributed by atoms with Gasteiger partial charge in [0.1, 0.15) is 6.04 Å². The van der Waals surface area contributed by atoms with Crippen LogP contribution in [-0.2, 0) is 4.79 Å². The number of carboxylic acids is 1. The highest BCUT2D eigenvalue weighted by Gasteiger charge is 2.23. The predicted molar refractivity (Wildman–Crippen MR) is 72.4 cm³/mol. The van der Waals surface area contributed by atoms with Crippen LogP contribution in [0.15, 0.2) is 28.7 Å². The molecule has 0 fully saturated rings. The number of amides is 1. The third kappa shape index (κ3) is 4.72. The third-order valence-corrected chi connectivity index (χ3v) is 2.99. The number of nitrogens with zero attached hydrogens (tertiary/aromatic N) is 1. The van der Waals surface area contributed by atoms with Crippen molar-refractivity contribution in [2.45, 2.75) is 19.4 Å². The third-order valence-electron chi connectivity index (χ3n) is 2.50. The maximum atomic E-state index is 11.9. The fourth-order valence-electron chi connectivity index (χ4n) is 1.50. The van der Waals surface area contributed by atoms with E-state index in [9.17, 15) is 9.59 Å². The van der Waals surface area contributed by atoms with Gasteiger partial charge >= 0.3 is 5.97 Å². The van der Waals surface area contributed by atoms with E-state index >= 15 is 0 Å². The van der Waals surface area contributed by atoms with E-state index in [4.69, 9.17) is 10.4 Å². The fourth-order valence-corrected chi connectivity index (χ4v) is 1.90. The molecule has 1 rings (SSSR count). The first-order valence-electron chi connectivity index (χ1n) is 5.63. The Morgan fingerprint density at radius 3 is 2.74 bits per heavy atom. The summed E-state index contributed by atoms with van der Waals surface area (Å²) in [5, 5.41) is 20.1. The number of carbonyl (C=O) groups excluding carboxylic acids is 1. The molecule has 0 aliphatic heterocycles. The molecule has 6 heteroatoms. The van der Waals surface area contributed by atoms with Crippen LogP contribution in [0, 0.1) is 17.2 Å². The monoisotopic (exact) mass is 324 g/mol. The van der Waals surface area contributed by atoms with E-state index in [1.807, 2.05) is 6.07 Å². The van der Waals surface area contributed by atoms with Crippen LogP contribution < -0.4 is 5.32 Å². The molecule has 19 heavy (non-hydrogen) atoms. The van der Waals surface area contributed by atoms with Gasteiger partial charge in [0.25, 0.3) is 5.91 Å². The zero-order valence-electron chi connectivity index (χ0n) is 10.3. The van der Waals surface area contributed by atoms with Crippen LogP contribution in [0.3, 0.4) is 0 Å². The van der Waals surface area contributed by atoms with Crippen LogP contribution in [0.4, 0.5) is 0 Å². The molecule has 2 atom stereocenters. The number of carbonyl (C=O) groups is 2. The topological polar surface area (TPSA) is 90.2 Å². The minimum atomic E-state index is -1.15. The Kier molecular flexibility index (Phi) is 5.52. The van der Waals surface area contributed by atoms with Gasteiger partial charge < -0.3 is 10.4 Å². The van der Waals surface area contributed by atoms with E-state index in [0.29, 0.717) is 5.56 Å². The summed E-state index contributed by atoms with van der Waals surface area (Å²) < 4.78 is 0.734. The van der Waals surface area contributed by atoms with Crippen molar-refractivity contribution >= 4 is 27.8 Å². The van der Waals surface area contributed by atoms with Gasteiger partial charge in [-0.05, 0) is 31.5 Å². The molecule has 5 nitrogen and oxygen atoms in total. The Labute approximate surface area is 119 Å². The number of hydrogen-bond acceptors (Lipinski definition) is 3. The second-order valence-corrected chi connectivity index (χ2v) is 5.06. The minimum absolute atomic E-state index is 0.0750. The van der Waals surface area contributed by atoms with Crippen molar-refractivity contribution in [2.24, 2.45) is 5.92 Å². The maximum Gasteiger partial charge on any atom is 0.326 e. The zero-order valence-corrected chi connectivity index (χ0v) is 11.8. The van der Waals surface area contributed by atoms with Gasteiger partial charge in [0.05, 0.1) is 6.07 Å². The first-order valence-corrected chi connectivity index (χ1v) is 6.42. The van der Waals surface area contributed by atoms with E-state index in [0.717, 1.165) is 4.47 Å². The van der Waals surface area contributed by atoms with Crippen molar-refractivity contribution in [3.05, 3.63) is 34.3 Å². The molecule has 1 aromatic rings. The predicted octanol–water partition coefficient (Wildman–Crippen LogP) is 2.18. The summed E-state index contributed by atoms with van der Waals surface area (Å²) in [4.78, 5) is 23.0. The van der Waals surface area contributed by atoms with Gasteiger partial charge in [0, 0.05) is 16.0 Å². The molecule has 0 bridgehead atoms. The summed E-state index contributed by atoms with van der Waals surface area (Å²) in [5.41, 5.74) is 0.366. The molecule has 2 N–H and O–H groups in total. The molecule has 0 aliphatic carbocycles. The molecule has 1 aromatic carbocycles. The number of carboxylic acid groups (broad SMARTS) is 1. The quantitative estimate of drug-likeness (QED) is 0.868. The van der Waals surface area contributed by atoms with E-state index in [-0.39, 0.29) is 6.42 Å². The lowest BCUT2D eigenvalue weighted by molar-refractivity contribution is -0.139. The van der Waals surface area contributed by atoms with E-state index < -0.39 is 23.8 Å². The summed E-state index contributed by atoms with van der Waals surface area (Å²) in [5.74, 6) is -2.06. The molecular formula is C13H13BrN2O3. The van der Waals surface area contributed by atoms with Crippen LogP contribution in [0.1, 0.15) is 23.7 Å². The first-order chi connectivity index (χ1) is 8.93. The molecule has 100 valence electrons. The van der Waals surface area contributed by atoms with Crippen molar-refractivity contribution in [1.82, 2.24) is 5.32 Å². The normalized spacial score (nSPS) is 13.1. The molecule has 0 radical (unpaired) electrons. The van der Waals surface area contributed by atoms with Gasteiger partial charge in [-0.25, -0.2) is 4.79 Å². The Bertz CT molecular complexity index is 525. The maximum absolute atomic E-state index is 11.9. The summed E-state index contributed by atoms with van der Waals surface area (Å²) >= 11 is 3.24.